The molecular weight excluding hydrogens is 427 g/mol. The van der Waals surface area contributed by atoms with Gasteiger partial charge in [-0.1, -0.05) is 42.0 Å². The average Bonchev–Trinajstić information content (AvgIpc) is 2.75. The van der Waals surface area contributed by atoms with Crippen molar-refractivity contribution in [1.29, 1.82) is 0 Å². The van der Waals surface area contributed by atoms with E-state index in [4.69, 9.17) is 0 Å². The Morgan fingerprint density at radius 2 is 1.59 bits per heavy atom. The number of anilines is 1. The summed E-state index contributed by atoms with van der Waals surface area (Å²) in [7, 11) is -3.99. The quantitative estimate of drug-likeness (QED) is 0.556. The Hall–Kier alpha value is -3.19. The van der Waals surface area contributed by atoms with Crippen LogP contribution in [0.1, 0.15) is 35.2 Å². The molecule has 0 saturated heterocycles. The van der Waals surface area contributed by atoms with Gasteiger partial charge in [-0.3, -0.25) is 9.10 Å². The average molecular weight is 455 g/mol. The molecule has 168 valence electrons. The third kappa shape index (κ3) is 5.16. The van der Waals surface area contributed by atoms with Gasteiger partial charge in [-0.15, -0.1) is 0 Å². The largest absolute Gasteiger partial charge is 0.348 e. The second-order valence-electron chi connectivity index (χ2n) is 7.88. The van der Waals surface area contributed by atoms with Crippen LogP contribution in [0.3, 0.4) is 0 Å². The van der Waals surface area contributed by atoms with Crippen molar-refractivity contribution in [2.75, 3.05) is 10.8 Å². The molecular formula is C25H27FN2O3S. The first-order valence-electron chi connectivity index (χ1n) is 10.3. The number of halogens is 1. The number of rotatable bonds is 7. The van der Waals surface area contributed by atoms with Crippen molar-refractivity contribution in [2.24, 2.45) is 0 Å². The summed E-state index contributed by atoms with van der Waals surface area (Å²) < 4.78 is 41.4. The van der Waals surface area contributed by atoms with Gasteiger partial charge >= 0.3 is 0 Å². The van der Waals surface area contributed by atoms with Crippen LogP contribution >= 0.6 is 0 Å². The van der Waals surface area contributed by atoms with Crippen LogP contribution in [0.4, 0.5) is 10.1 Å². The Kier molecular flexibility index (Phi) is 6.99. The molecule has 7 heteroatoms. The molecule has 0 saturated carbocycles. The molecule has 0 spiro atoms. The molecule has 0 fully saturated rings. The zero-order chi connectivity index (χ0) is 23.5. The van der Waals surface area contributed by atoms with Gasteiger partial charge in [0.15, 0.2) is 0 Å². The number of nitrogens with zero attached hydrogens (tertiary/aromatic N) is 1. The van der Waals surface area contributed by atoms with Gasteiger partial charge in [-0.25, -0.2) is 12.8 Å². The molecule has 0 aliphatic carbocycles. The summed E-state index contributed by atoms with van der Waals surface area (Å²) in [6, 6.07) is 17.3. The lowest BCUT2D eigenvalue weighted by molar-refractivity contribution is -0.120. The van der Waals surface area contributed by atoms with Crippen LogP contribution in [0, 0.1) is 26.6 Å². The predicted octanol–water partition coefficient (Wildman–Crippen LogP) is 4.82. The summed E-state index contributed by atoms with van der Waals surface area (Å²) in [6.45, 7) is 6.99. The third-order valence-corrected chi connectivity index (χ3v) is 7.26. The lowest BCUT2D eigenvalue weighted by atomic mass is 10.1. The number of carbonyl (C=O) groups is 1. The fraction of sp³-hybridized carbons (Fsp3) is 0.240. The molecule has 0 heterocycles. The van der Waals surface area contributed by atoms with Gasteiger partial charge in [-0.05, 0) is 74.7 Å². The van der Waals surface area contributed by atoms with Crippen LogP contribution in [-0.2, 0) is 14.8 Å². The van der Waals surface area contributed by atoms with E-state index in [1.165, 1.54) is 12.1 Å². The summed E-state index contributed by atoms with van der Waals surface area (Å²) in [5.41, 5.74) is 3.82. The van der Waals surface area contributed by atoms with Crippen LogP contribution < -0.4 is 9.62 Å². The van der Waals surface area contributed by atoms with Crippen LogP contribution in [0.15, 0.2) is 71.6 Å². The normalized spacial score (nSPS) is 12.3. The molecule has 1 atom stereocenters. The smallest absolute Gasteiger partial charge is 0.264 e. The summed E-state index contributed by atoms with van der Waals surface area (Å²) in [6.07, 6.45) is 0. The van der Waals surface area contributed by atoms with E-state index in [9.17, 15) is 17.6 Å². The summed E-state index contributed by atoms with van der Waals surface area (Å²) >= 11 is 0. The van der Waals surface area contributed by atoms with Crippen molar-refractivity contribution in [3.8, 4) is 0 Å². The minimum atomic E-state index is -3.99. The van der Waals surface area contributed by atoms with Crippen LogP contribution in [0.2, 0.25) is 0 Å². The van der Waals surface area contributed by atoms with Gasteiger partial charge in [0.05, 0.1) is 16.6 Å². The Morgan fingerprint density at radius 3 is 2.22 bits per heavy atom. The Bertz CT molecular complexity index is 1210. The fourth-order valence-corrected chi connectivity index (χ4v) is 4.87. The monoisotopic (exact) mass is 454 g/mol. The van der Waals surface area contributed by atoms with Gasteiger partial charge in [0.2, 0.25) is 5.91 Å². The highest BCUT2D eigenvalue weighted by Crippen LogP contribution is 2.28. The molecule has 3 rings (SSSR count). The molecule has 1 amide bonds. The van der Waals surface area contributed by atoms with E-state index in [-0.39, 0.29) is 17.3 Å². The minimum Gasteiger partial charge on any atom is -0.348 e. The maximum Gasteiger partial charge on any atom is 0.264 e. The van der Waals surface area contributed by atoms with E-state index in [1.807, 2.05) is 26.8 Å². The lowest BCUT2D eigenvalue weighted by Gasteiger charge is -2.27. The summed E-state index contributed by atoms with van der Waals surface area (Å²) in [4.78, 5) is 13.0. The van der Waals surface area contributed by atoms with Gasteiger partial charge in [0.1, 0.15) is 12.4 Å². The van der Waals surface area contributed by atoms with Gasteiger partial charge < -0.3 is 5.32 Å². The maximum atomic E-state index is 13.5. The predicted molar refractivity (Wildman–Crippen MR) is 125 cm³/mol. The van der Waals surface area contributed by atoms with E-state index in [0.717, 1.165) is 26.6 Å². The molecule has 0 aromatic heterocycles. The van der Waals surface area contributed by atoms with Gasteiger partial charge in [-0.2, -0.15) is 0 Å². The lowest BCUT2D eigenvalue weighted by Crippen LogP contribution is -2.42. The van der Waals surface area contributed by atoms with Crippen LogP contribution in [-0.4, -0.2) is 20.9 Å². The number of amides is 1. The number of nitrogens with one attached hydrogen (secondary N) is 1. The molecule has 0 bridgehead atoms. The molecule has 3 aromatic rings. The fourth-order valence-electron chi connectivity index (χ4n) is 3.40. The number of carbonyl (C=O) groups excluding carboxylic acids is 1. The molecule has 0 unspecified atom stereocenters. The summed E-state index contributed by atoms with van der Waals surface area (Å²) in [5.74, 6) is -0.823. The molecule has 32 heavy (non-hydrogen) atoms. The van der Waals surface area contributed by atoms with Crippen molar-refractivity contribution >= 4 is 21.6 Å². The Balaban J connectivity index is 1.94. The summed E-state index contributed by atoms with van der Waals surface area (Å²) in [5, 5.41) is 2.82. The third-order valence-electron chi connectivity index (χ3n) is 5.49. The SMILES string of the molecule is Cc1ccc(S(=O)(=O)N(CC(=O)N[C@H](C)c2ccc(F)cc2)c2cccc(C)c2C)cc1. The van der Waals surface area contributed by atoms with E-state index in [0.29, 0.717) is 5.69 Å². The Morgan fingerprint density at radius 1 is 0.969 bits per heavy atom. The van der Waals surface area contributed by atoms with Crippen molar-refractivity contribution in [3.63, 3.8) is 0 Å². The first-order valence-corrected chi connectivity index (χ1v) is 11.7. The van der Waals surface area contributed by atoms with E-state index in [1.54, 1.807) is 55.5 Å². The highest BCUT2D eigenvalue weighted by Gasteiger charge is 2.29. The van der Waals surface area contributed by atoms with E-state index < -0.39 is 22.0 Å². The number of hydrogen-bond donors (Lipinski definition) is 1. The standard InChI is InChI=1S/C25H27FN2O3S/c1-17-8-14-23(15-9-17)32(30,31)28(24-7-5-6-18(2)19(24)3)16-25(29)27-20(4)21-10-12-22(26)13-11-21/h5-15,20H,16H2,1-4H3,(H,27,29)/t20-/m1/s1. The second kappa shape index (κ2) is 9.53. The molecule has 5 nitrogen and oxygen atoms in total. The zero-order valence-corrected chi connectivity index (χ0v) is 19.4. The topological polar surface area (TPSA) is 66.5 Å². The molecule has 3 aromatic carbocycles. The van der Waals surface area contributed by atoms with E-state index in [2.05, 4.69) is 5.32 Å². The first-order chi connectivity index (χ1) is 15.1. The molecule has 1 N–H and O–H groups in total. The van der Waals surface area contributed by atoms with Gasteiger partial charge in [0.25, 0.3) is 10.0 Å². The number of sulfonamides is 1. The van der Waals surface area contributed by atoms with Gasteiger partial charge in [0, 0.05) is 0 Å². The Labute approximate surface area is 188 Å². The number of aryl methyl sites for hydroxylation is 2. The van der Waals surface area contributed by atoms with Crippen molar-refractivity contribution < 1.29 is 17.6 Å². The molecule has 0 aliphatic rings. The first kappa shape index (κ1) is 23.5. The van der Waals surface area contributed by atoms with Crippen molar-refractivity contribution in [1.82, 2.24) is 5.32 Å². The minimum absolute atomic E-state index is 0.114. The second-order valence-corrected chi connectivity index (χ2v) is 9.75. The number of hydrogen-bond acceptors (Lipinski definition) is 3. The van der Waals surface area contributed by atoms with E-state index >= 15 is 0 Å². The molecule has 0 radical (unpaired) electrons. The maximum absolute atomic E-state index is 13.5. The van der Waals surface area contributed by atoms with Crippen molar-refractivity contribution in [2.45, 2.75) is 38.6 Å². The molecule has 0 aliphatic heterocycles. The zero-order valence-electron chi connectivity index (χ0n) is 18.6. The van der Waals surface area contributed by atoms with Crippen LogP contribution in [0.25, 0.3) is 0 Å². The highest BCUT2D eigenvalue weighted by atomic mass is 32.2. The van der Waals surface area contributed by atoms with Crippen molar-refractivity contribution in [3.05, 3.63) is 94.8 Å². The highest BCUT2D eigenvalue weighted by molar-refractivity contribution is 7.92. The number of benzene rings is 3. The van der Waals surface area contributed by atoms with Crippen LogP contribution in [0.5, 0.6) is 0 Å².